The first kappa shape index (κ1) is 15.7. The van der Waals surface area contributed by atoms with Gasteiger partial charge in [-0.2, -0.15) is 5.10 Å². The number of hydrogen-bond acceptors (Lipinski definition) is 5. The van der Waals surface area contributed by atoms with Crippen molar-refractivity contribution in [1.29, 1.82) is 0 Å². The first-order valence-electron chi connectivity index (χ1n) is 7.39. The number of hydrogen-bond donors (Lipinski definition) is 1. The number of benzene rings is 1. The molecule has 1 amide bonds. The molecule has 0 atom stereocenters. The van der Waals surface area contributed by atoms with Gasteiger partial charge in [0, 0.05) is 24.2 Å². The summed E-state index contributed by atoms with van der Waals surface area (Å²) >= 11 is 0. The van der Waals surface area contributed by atoms with Crippen molar-refractivity contribution in [3.8, 4) is 11.3 Å². The Balaban J connectivity index is 1.73. The van der Waals surface area contributed by atoms with Crippen molar-refractivity contribution in [2.75, 3.05) is 0 Å². The van der Waals surface area contributed by atoms with Crippen LogP contribution in [-0.2, 0) is 13.6 Å². The topological polar surface area (TPSA) is 90.0 Å². The van der Waals surface area contributed by atoms with E-state index in [1.807, 2.05) is 37.3 Å². The highest BCUT2D eigenvalue weighted by Gasteiger charge is 2.15. The molecule has 1 N–H and O–H groups in total. The maximum Gasteiger partial charge on any atom is 0.272 e. The maximum atomic E-state index is 12.1. The predicted octanol–water partition coefficient (Wildman–Crippen LogP) is 1.67. The van der Waals surface area contributed by atoms with Crippen LogP contribution < -0.4 is 10.9 Å². The van der Waals surface area contributed by atoms with Gasteiger partial charge in [-0.15, -0.1) is 0 Å². The van der Waals surface area contributed by atoms with Gasteiger partial charge < -0.3 is 9.84 Å². The third kappa shape index (κ3) is 3.10. The second-order valence-electron chi connectivity index (χ2n) is 5.31. The minimum absolute atomic E-state index is 0.168. The van der Waals surface area contributed by atoms with Gasteiger partial charge in [-0.05, 0) is 13.0 Å². The van der Waals surface area contributed by atoms with Gasteiger partial charge in [0.05, 0.1) is 6.54 Å². The lowest BCUT2D eigenvalue weighted by Crippen LogP contribution is -2.28. The monoisotopic (exact) mass is 324 g/mol. The molecule has 0 saturated carbocycles. The summed E-state index contributed by atoms with van der Waals surface area (Å²) in [4.78, 5) is 23.4. The van der Waals surface area contributed by atoms with E-state index in [2.05, 4.69) is 15.6 Å². The van der Waals surface area contributed by atoms with Crippen LogP contribution in [0.1, 0.15) is 21.7 Å². The summed E-state index contributed by atoms with van der Waals surface area (Å²) in [6.07, 6.45) is 0. The molecule has 3 rings (SSSR count). The van der Waals surface area contributed by atoms with Gasteiger partial charge in [-0.1, -0.05) is 35.5 Å². The van der Waals surface area contributed by atoms with Crippen LogP contribution in [0.3, 0.4) is 0 Å². The number of nitrogens with one attached hydrogen (secondary N) is 1. The summed E-state index contributed by atoms with van der Waals surface area (Å²) in [6, 6.07) is 12.3. The molecule has 0 aliphatic heterocycles. The highest BCUT2D eigenvalue weighted by Crippen LogP contribution is 2.25. The maximum absolute atomic E-state index is 12.1. The first-order chi connectivity index (χ1) is 11.6. The predicted molar refractivity (Wildman–Crippen MR) is 87.3 cm³/mol. The molecule has 7 nitrogen and oxygen atoms in total. The Morgan fingerprint density at radius 3 is 2.67 bits per heavy atom. The molecular formula is C17H16N4O3. The number of carbonyl (C=O) groups excluding carboxylic acids is 1. The normalized spacial score (nSPS) is 10.6. The van der Waals surface area contributed by atoms with Gasteiger partial charge in [0.25, 0.3) is 11.5 Å². The Morgan fingerprint density at radius 2 is 1.96 bits per heavy atom. The highest BCUT2D eigenvalue weighted by molar-refractivity contribution is 5.91. The van der Waals surface area contributed by atoms with Crippen LogP contribution >= 0.6 is 0 Å². The molecule has 0 radical (unpaired) electrons. The summed E-state index contributed by atoms with van der Waals surface area (Å²) < 4.78 is 6.51. The molecule has 2 heterocycles. The first-order valence-corrected chi connectivity index (χ1v) is 7.39. The molecule has 24 heavy (non-hydrogen) atoms. The average Bonchev–Trinajstić information content (AvgIpc) is 2.96. The molecule has 1 aromatic carbocycles. The second kappa shape index (κ2) is 6.49. The number of aryl methyl sites for hydroxylation is 1. The van der Waals surface area contributed by atoms with Crippen molar-refractivity contribution in [3.05, 3.63) is 69.8 Å². The smallest absolute Gasteiger partial charge is 0.272 e. The summed E-state index contributed by atoms with van der Waals surface area (Å²) in [5.41, 5.74) is 2.34. The van der Waals surface area contributed by atoms with Gasteiger partial charge in [0.2, 0.25) is 0 Å². The second-order valence-corrected chi connectivity index (χ2v) is 5.31. The molecule has 0 unspecified atom stereocenters. The Labute approximate surface area is 137 Å². The van der Waals surface area contributed by atoms with E-state index in [9.17, 15) is 9.59 Å². The highest BCUT2D eigenvalue weighted by atomic mass is 16.5. The fraction of sp³-hybridized carbons (Fsp3) is 0.176. The zero-order valence-electron chi connectivity index (χ0n) is 13.3. The Hall–Kier alpha value is -3.22. The van der Waals surface area contributed by atoms with Gasteiger partial charge in [-0.3, -0.25) is 9.59 Å². The van der Waals surface area contributed by atoms with Crippen LogP contribution in [0.25, 0.3) is 11.3 Å². The molecule has 0 aliphatic rings. The van der Waals surface area contributed by atoms with Gasteiger partial charge in [-0.25, -0.2) is 4.68 Å². The van der Waals surface area contributed by atoms with Crippen LogP contribution in [0.5, 0.6) is 0 Å². The molecule has 0 saturated heterocycles. The number of nitrogens with zero attached hydrogens (tertiary/aromatic N) is 3. The van der Waals surface area contributed by atoms with Crippen molar-refractivity contribution in [1.82, 2.24) is 20.3 Å². The van der Waals surface area contributed by atoms with Crippen molar-refractivity contribution < 1.29 is 9.32 Å². The summed E-state index contributed by atoms with van der Waals surface area (Å²) in [6.45, 7) is 2.11. The van der Waals surface area contributed by atoms with E-state index in [0.717, 1.165) is 15.8 Å². The van der Waals surface area contributed by atoms with E-state index in [1.165, 1.54) is 19.2 Å². The van der Waals surface area contributed by atoms with Crippen molar-refractivity contribution in [2.45, 2.75) is 13.5 Å². The van der Waals surface area contributed by atoms with Crippen molar-refractivity contribution in [3.63, 3.8) is 0 Å². The molecule has 0 bridgehead atoms. The molecule has 0 aliphatic carbocycles. The van der Waals surface area contributed by atoms with Crippen molar-refractivity contribution in [2.24, 2.45) is 7.05 Å². The van der Waals surface area contributed by atoms with E-state index in [0.29, 0.717) is 11.5 Å². The third-order valence-corrected chi connectivity index (χ3v) is 3.67. The van der Waals surface area contributed by atoms with E-state index < -0.39 is 0 Å². The van der Waals surface area contributed by atoms with Crippen LogP contribution in [-0.4, -0.2) is 20.8 Å². The van der Waals surface area contributed by atoms with Crippen LogP contribution in [0.2, 0.25) is 0 Å². The lowest BCUT2D eigenvalue weighted by Gasteiger charge is -2.04. The lowest BCUT2D eigenvalue weighted by atomic mass is 10.1. The number of carbonyl (C=O) groups is 1. The Bertz CT molecular complexity index is 929. The standard InChI is InChI=1S/C17H16N4O3/c1-11-14(20-24-16(11)12-6-4-3-5-7-12)10-18-17(23)13-8-9-15(22)21(2)19-13/h3-9H,10H2,1-2H3,(H,18,23). The van der Waals surface area contributed by atoms with Crippen LogP contribution in [0.4, 0.5) is 0 Å². The number of rotatable bonds is 4. The van der Waals surface area contributed by atoms with Gasteiger partial charge in [0.15, 0.2) is 5.76 Å². The quantitative estimate of drug-likeness (QED) is 0.788. The fourth-order valence-electron chi connectivity index (χ4n) is 2.27. The molecular weight excluding hydrogens is 308 g/mol. The summed E-state index contributed by atoms with van der Waals surface area (Å²) in [7, 11) is 1.49. The molecule has 0 fully saturated rings. The molecule has 7 heteroatoms. The third-order valence-electron chi connectivity index (χ3n) is 3.67. The van der Waals surface area contributed by atoms with E-state index in [4.69, 9.17) is 4.52 Å². The molecule has 3 aromatic rings. The Kier molecular flexibility index (Phi) is 4.24. The van der Waals surface area contributed by atoms with E-state index >= 15 is 0 Å². The molecule has 0 spiro atoms. The van der Waals surface area contributed by atoms with E-state index in [-0.39, 0.29) is 23.7 Å². The number of aromatic nitrogens is 3. The van der Waals surface area contributed by atoms with Crippen molar-refractivity contribution >= 4 is 5.91 Å². The van der Waals surface area contributed by atoms with Gasteiger partial charge >= 0.3 is 0 Å². The Morgan fingerprint density at radius 1 is 1.21 bits per heavy atom. The summed E-state index contributed by atoms with van der Waals surface area (Å²) in [5, 5.41) is 10.7. The SMILES string of the molecule is Cc1c(CNC(=O)c2ccc(=O)n(C)n2)noc1-c1ccccc1. The zero-order chi connectivity index (χ0) is 17.1. The number of amides is 1. The van der Waals surface area contributed by atoms with E-state index in [1.54, 1.807) is 0 Å². The lowest BCUT2D eigenvalue weighted by molar-refractivity contribution is 0.0942. The molecule has 2 aromatic heterocycles. The summed E-state index contributed by atoms with van der Waals surface area (Å²) in [5.74, 6) is 0.300. The average molecular weight is 324 g/mol. The largest absolute Gasteiger partial charge is 0.356 e. The minimum atomic E-state index is -0.380. The van der Waals surface area contributed by atoms with Crippen LogP contribution in [0.15, 0.2) is 51.8 Å². The molecule has 122 valence electrons. The minimum Gasteiger partial charge on any atom is -0.356 e. The van der Waals surface area contributed by atoms with Gasteiger partial charge in [0.1, 0.15) is 11.4 Å². The van der Waals surface area contributed by atoms with Crippen LogP contribution in [0, 0.1) is 6.92 Å². The zero-order valence-corrected chi connectivity index (χ0v) is 13.3. The fourth-order valence-corrected chi connectivity index (χ4v) is 2.27.